The van der Waals surface area contributed by atoms with E-state index in [1.165, 1.54) is 6.07 Å². The van der Waals surface area contributed by atoms with Crippen molar-refractivity contribution in [1.82, 2.24) is 9.88 Å². The first-order valence-corrected chi connectivity index (χ1v) is 10.6. The second-order valence-corrected chi connectivity index (χ2v) is 7.90. The molecule has 1 aliphatic heterocycles. The van der Waals surface area contributed by atoms with Crippen molar-refractivity contribution < 1.29 is 9.72 Å². The van der Waals surface area contributed by atoms with E-state index in [1.807, 2.05) is 12.1 Å². The second kappa shape index (κ2) is 9.65. The fourth-order valence-corrected chi connectivity index (χ4v) is 3.88. The summed E-state index contributed by atoms with van der Waals surface area (Å²) in [5, 5.41) is 15.2. The number of amides is 1. The number of rotatable bonds is 6. The van der Waals surface area contributed by atoms with E-state index in [-0.39, 0.29) is 11.6 Å². The molecule has 0 unspecified atom stereocenters. The number of nitro benzene ring substituents is 1. The van der Waals surface area contributed by atoms with Gasteiger partial charge in [0.1, 0.15) is 5.69 Å². The first-order chi connectivity index (χ1) is 15.5. The lowest BCUT2D eigenvalue weighted by Gasteiger charge is -2.36. The third-order valence-corrected chi connectivity index (χ3v) is 5.62. The number of nitrogens with one attached hydrogen (secondary N) is 1. The van der Waals surface area contributed by atoms with Gasteiger partial charge in [0.25, 0.3) is 11.6 Å². The second-order valence-electron chi connectivity index (χ2n) is 7.46. The largest absolute Gasteiger partial charge is 0.375 e. The standard InChI is InChI=1S/C23H22ClN5O3/c24-19-5-1-4-18(13-19)23(30)28-11-9-27(10-12-28)20-6-7-22(29(31)32)21(14-20)26-16-17-3-2-8-25-15-17/h1-8,13-15,26H,9-12,16H2. The molecule has 0 radical (unpaired) electrons. The Kier molecular flexibility index (Phi) is 6.51. The molecule has 1 aliphatic rings. The molecular weight excluding hydrogens is 430 g/mol. The van der Waals surface area contributed by atoms with Gasteiger partial charge in [-0.05, 0) is 42.0 Å². The summed E-state index contributed by atoms with van der Waals surface area (Å²) in [4.78, 5) is 31.8. The van der Waals surface area contributed by atoms with Crippen LogP contribution in [0.2, 0.25) is 5.02 Å². The highest BCUT2D eigenvalue weighted by molar-refractivity contribution is 6.30. The molecule has 0 saturated carbocycles. The zero-order chi connectivity index (χ0) is 22.5. The number of pyridine rings is 1. The normalized spacial score (nSPS) is 13.7. The number of anilines is 2. The summed E-state index contributed by atoms with van der Waals surface area (Å²) in [5.41, 5.74) is 2.85. The summed E-state index contributed by atoms with van der Waals surface area (Å²) in [6.45, 7) is 2.81. The molecule has 2 aromatic carbocycles. The minimum atomic E-state index is -0.392. The van der Waals surface area contributed by atoms with Crippen molar-refractivity contribution in [2.45, 2.75) is 6.54 Å². The van der Waals surface area contributed by atoms with E-state index in [0.29, 0.717) is 49.0 Å². The molecule has 0 atom stereocenters. The molecule has 1 fully saturated rings. The fourth-order valence-electron chi connectivity index (χ4n) is 3.69. The molecule has 0 spiro atoms. The number of aromatic nitrogens is 1. The zero-order valence-corrected chi connectivity index (χ0v) is 18.0. The summed E-state index contributed by atoms with van der Waals surface area (Å²) in [6, 6.07) is 15.7. The van der Waals surface area contributed by atoms with Crippen LogP contribution in [0.4, 0.5) is 17.1 Å². The predicted octanol–water partition coefficient (Wildman–Crippen LogP) is 4.22. The van der Waals surface area contributed by atoms with Gasteiger partial charge in [0.15, 0.2) is 0 Å². The van der Waals surface area contributed by atoms with Crippen LogP contribution in [0.15, 0.2) is 67.0 Å². The van der Waals surface area contributed by atoms with Gasteiger partial charge in [-0.1, -0.05) is 23.7 Å². The highest BCUT2D eigenvalue weighted by Crippen LogP contribution is 2.30. The SMILES string of the molecule is O=C(c1cccc(Cl)c1)N1CCN(c2ccc([N+](=O)[O-])c(NCc3cccnc3)c2)CC1. The number of hydrogen-bond donors (Lipinski definition) is 1. The highest BCUT2D eigenvalue weighted by Gasteiger charge is 2.24. The Labute approximate surface area is 190 Å². The molecule has 9 heteroatoms. The lowest BCUT2D eigenvalue weighted by Crippen LogP contribution is -2.48. The van der Waals surface area contributed by atoms with Crippen LogP contribution in [0.3, 0.4) is 0 Å². The van der Waals surface area contributed by atoms with Crippen molar-refractivity contribution in [3.8, 4) is 0 Å². The Bertz CT molecular complexity index is 1120. The van der Waals surface area contributed by atoms with Crippen molar-refractivity contribution in [3.05, 3.63) is 93.3 Å². The van der Waals surface area contributed by atoms with Gasteiger partial charge in [-0.2, -0.15) is 0 Å². The number of hydrogen-bond acceptors (Lipinski definition) is 6. The van der Waals surface area contributed by atoms with Crippen LogP contribution >= 0.6 is 11.6 Å². The number of benzene rings is 2. The minimum Gasteiger partial charge on any atom is -0.375 e. The molecule has 4 rings (SSSR count). The molecule has 1 N–H and O–H groups in total. The number of nitro groups is 1. The van der Waals surface area contributed by atoms with Gasteiger partial charge in [0.2, 0.25) is 0 Å². The molecule has 1 aromatic heterocycles. The topological polar surface area (TPSA) is 91.6 Å². The van der Waals surface area contributed by atoms with E-state index in [0.717, 1.165) is 11.3 Å². The van der Waals surface area contributed by atoms with Gasteiger partial charge < -0.3 is 15.1 Å². The lowest BCUT2D eigenvalue weighted by molar-refractivity contribution is -0.384. The van der Waals surface area contributed by atoms with Crippen LogP contribution in [0.25, 0.3) is 0 Å². The van der Waals surface area contributed by atoms with Crippen molar-refractivity contribution in [2.24, 2.45) is 0 Å². The van der Waals surface area contributed by atoms with E-state index in [4.69, 9.17) is 11.6 Å². The molecule has 0 aliphatic carbocycles. The Balaban J connectivity index is 1.44. The molecule has 0 bridgehead atoms. The van der Waals surface area contributed by atoms with E-state index < -0.39 is 4.92 Å². The van der Waals surface area contributed by atoms with Crippen LogP contribution in [0.5, 0.6) is 0 Å². The van der Waals surface area contributed by atoms with Gasteiger partial charge in [-0.15, -0.1) is 0 Å². The van der Waals surface area contributed by atoms with Crippen molar-refractivity contribution in [3.63, 3.8) is 0 Å². The molecular formula is C23H22ClN5O3. The average molecular weight is 452 g/mol. The summed E-state index contributed by atoms with van der Waals surface area (Å²) in [6.07, 6.45) is 3.40. The maximum absolute atomic E-state index is 12.7. The first kappa shape index (κ1) is 21.6. The van der Waals surface area contributed by atoms with Gasteiger partial charge in [-0.25, -0.2) is 0 Å². The Morgan fingerprint density at radius 2 is 1.91 bits per heavy atom. The van der Waals surface area contributed by atoms with Gasteiger partial charge in [-0.3, -0.25) is 19.9 Å². The summed E-state index contributed by atoms with van der Waals surface area (Å²) in [7, 11) is 0. The number of carbonyl (C=O) groups excluding carboxylic acids is 1. The number of piperazine rings is 1. The van der Waals surface area contributed by atoms with Crippen LogP contribution in [0, 0.1) is 10.1 Å². The van der Waals surface area contributed by atoms with Crippen LogP contribution in [-0.4, -0.2) is 46.9 Å². The quantitative estimate of drug-likeness (QED) is 0.445. The minimum absolute atomic E-state index is 0.0208. The number of carbonyl (C=O) groups is 1. The molecule has 2 heterocycles. The smallest absolute Gasteiger partial charge is 0.292 e. The molecule has 1 amide bonds. The van der Waals surface area contributed by atoms with Gasteiger partial charge >= 0.3 is 0 Å². The van der Waals surface area contributed by atoms with Crippen molar-refractivity contribution >= 4 is 34.6 Å². The Morgan fingerprint density at radius 1 is 1.09 bits per heavy atom. The van der Waals surface area contributed by atoms with Crippen LogP contribution < -0.4 is 10.2 Å². The molecule has 32 heavy (non-hydrogen) atoms. The van der Waals surface area contributed by atoms with Crippen molar-refractivity contribution in [1.29, 1.82) is 0 Å². The maximum Gasteiger partial charge on any atom is 0.292 e. The first-order valence-electron chi connectivity index (χ1n) is 10.2. The summed E-state index contributed by atoms with van der Waals surface area (Å²) >= 11 is 6.01. The van der Waals surface area contributed by atoms with E-state index in [2.05, 4.69) is 15.2 Å². The molecule has 8 nitrogen and oxygen atoms in total. The van der Waals surface area contributed by atoms with Crippen LogP contribution in [0.1, 0.15) is 15.9 Å². The van der Waals surface area contributed by atoms with Gasteiger partial charge in [0, 0.05) is 67.5 Å². The molecule has 1 saturated heterocycles. The number of nitrogens with zero attached hydrogens (tertiary/aromatic N) is 4. The van der Waals surface area contributed by atoms with Crippen LogP contribution in [-0.2, 0) is 6.54 Å². The maximum atomic E-state index is 12.7. The average Bonchev–Trinajstić information content (AvgIpc) is 2.83. The summed E-state index contributed by atoms with van der Waals surface area (Å²) < 4.78 is 0. The summed E-state index contributed by atoms with van der Waals surface area (Å²) in [5.74, 6) is -0.0466. The van der Waals surface area contributed by atoms with E-state index >= 15 is 0 Å². The zero-order valence-electron chi connectivity index (χ0n) is 17.3. The molecule has 3 aromatic rings. The lowest BCUT2D eigenvalue weighted by atomic mass is 10.1. The van der Waals surface area contributed by atoms with Gasteiger partial charge in [0.05, 0.1) is 4.92 Å². The number of halogens is 1. The molecule has 164 valence electrons. The van der Waals surface area contributed by atoms with E-state index in [9.17, 15) is 14.9 Å². The predicted molar refractivity (Wildman–Crippen MR) is 124 cm³/mol. The van der Waals surface area contributed by atoms with E-state index in [1.54, 1.807) is 53.7 Å². The third-order valence-electron chi connectivity index (χ3n) is 5.39. The Morgan fingerprint density at radius 3 is 2.59 bits per heavy atom. The third kappa shape index (κ3) is 4.97. The monoisotopic (exact) mass is 451 g/mol. The van der Waals surface area contributed by atoms with Crippen molar-refractivity contribution in [2.75, 3.05) is 36.4 Å². The fraction of sp³-hybridized carbons (Fsp3) is 0.217. The Hall–Kier alpha value is -3.65. The highest BCUT2D eigenvalue weighted by atomic mass is 35.5.